The van der Waals surface area contributed by atoms with Crippen LogP contribution in [0.4, 0.5) is 11.4 Å². The smallest absolute Gasteiger partial charge is 0.335 e. The zero-order chi connectivity index (χ0) is 14.0. The molecular weight excluding hydrogens is 328 g/mol. The first-order chi connectivity index (χ1) is 8.97. The maximum Gasteiger partial charge on any atom is 0.335 e. The van der Waals surface area contributed by atoms with Gasteiger partial charge in [0.1, 0.15) is 0 Å². The van der Waals surface area contributed by atoms with Gasteiger partial charge in [0.25, 0.3) is 0 Å². The standard InChI is InChI=1S/C13H13BrN2O2S/c1-16(6-8-4-12(14)19-7-8)11-5-9(13(17)18)2-3-10(11)15/h2-5,7H,6,15H2,1H3,(H,17,18). The average molecular weight is 341 g/mol. The van der Waals surface area contributed by atoms with E-state index in [1.807, 2.05) is 18.0 Å². The van der Waals surface area contributed by atoms with Crippen molar-refractivity contribution in [2.24, 2.45) is 0 Å². The predicted molar refractivity (Wildman–Crippen MR) is 81.9 cm³/mol. The van der Waals surface area contributed by atoms with Gasteiger partial charge in [-0.3, -0.25) is 0 Å². The van der Waals surface area contributed by atoms with Crippen molar-refractivity contribution >= 4 is 44.6 Å². The lowest BCUT2D eigenvalue weighted by atomic mass is 10.1. The van der Waals surface area contributed by atoms with Crippen LogP contribution in [0.1, 0.15) is 15.9 Å². The normalized spacial score (nSPS) is 10.4. The monoisotopic (exact) mass is 340 g/mol. The van der Waals surface area contributed by atoms with Crippen LogP contribution in [0.5, 0.6) is 0 Å². The lowest BCUT2D eigenvalue weighted by molar-refractivity contribution is 0.0697. The molecule has 0 fully saturated rings. The molecule has 1 aromatic carbocycles. The topological polar surface area (TPSA) is 66.6 Å². The number of nitrogens with two attached hydrogens (primary N) is 1. The van der Waals surface area contributed by atoms with Crippen LogP contribution >= 0.6 is 27.3 Å². The highest BCUT2D eigenvalue weighted by atomic mass is 79.9. The molecule has 0 spiro atoms. The predicted octanol–water partition coefficient (Wildman–Crippen LogP) is 3.43. The Balaban J connectivity index is 2.25. The van der Waals surface area contributed by atoms with Crippen LogP contribution in [0.3, 0.4) is 0 Å². The molecule has 6 heteroatoms. The number of halogens is 1. The molecule has 0 radical (unpaired) electrons. The SMILES string of the molecule is CN(Cc1csc(Br)c1)c1cc(C(=O)O)ccc1N. The number of carbonyl (C=O) groups is 1. The van der Waals surface area contributed by atoms with E-state index in [4.69, 9.17) is 10.8 Å². The van der Waals surface area contributed by atoms with Gasteiger partial charge in [0.2, 0.25) is 0 Å². The summed E-state index contributed by atoms with van der Waals surface area (Å²) in [5.74, 6) is -0.951. The van der Waals surface area contributed by atoms with Crippen LogP contribution in [0.2, 0.25) is 0 Å². The van der Waals surface area contributed by atoms with Crippen molar-refractivity contribution in [2.75, 3.05) is 17.7 Å². The average Bonchev–Trinajstić information content (AvgIpc) is 2.74. The van der Waals surface area contributed by atoms with Crippen molar-refractivity contribution in [2.45, 2.75) is 6.54 Å². The van der Waals surface area contributed by atoms with Gasteiger partial charge in [0.05, 0.1) is 20.7 Å². The number of carboxylic acid groups (broad SMARTS) is 1. The minimum absolute atomic E-state index is 0.238. The number of nitrogens with zero attached hydrogens (tertiary/aromatic N) is 1. The van der Waals surface area contributed by atoms with Crippen molar-refractivity contribution in [3.63, 3.8) is 0 Å². The maximum atomic E-state index is 11.0. The number of anilines is 2. The molecule has 2 rings (SSSR count). The van der Waals surface area contributed by atoms with E-state index in [-0.39, 0.29) is 5.56 Å². The first kappa shape index (κ1) is 13.9. The summed E-state index contributed by atoms with van der Waals surface area (Å²) in [5.41, 5.74) is 8.59. The van der Waals surface area contributed by atoms with Crippen molar-refractivity contribution in [3.8, 4) is 0 Å². The molecule has 0 aliphatic carbocycles. The van der Waals surface area contributed by atoms with E-state index in [1.54, 1.807) is 23.5 Å². The number of benzene rings is 1. The zero-order valence-corrected chi connectivity index (χ0v) is 12.7. The third-order valence-electron chi connectivity index (χ3n) is 2.73. The van der Waals surface area contributed by atoms with E-state index in [2.05, 4.69) is 21.3 Å². The van der Waals surface area contributed by atoms with Crippen LogP contribution in [-0.4, -0.2) is 18.1 Å². The Morgan fingerprint density at radius 1 is 1.47 bits per heavy atom. The van der Waals surface area contributed by atoms with Crippen LogP contribution in [0.15, 0.2) is 33.4 Å². The van der Waals surface area contributed by atoms with E-state index in [1.165, 1.54) is 6.07 Å². The number of hydrogen-bond donors (Lipinski definition) is 2. The summed E-state index contributed by atoms with van der Waals surface area (Å²) >= 11 is 5.04. The molecule has 100 valence electrons. The molecule has 2 aromatic rings. The van der Waals surface area contributed by atoms with Gasteiger partial charge in [-0.15, -0.1) is 11.3 Å². The Hall–Kier alpha value is -1.53. The van der Waals surface area contributed by atoms with E-state index < -0.39 is 5.97 Å². The molecule has 0 amide bonds. The quantitative estimate of drug-likeness (QED) is 0.836. The summed E-state index contributed by atoms with van der Waals surface area (Å²) < 4.78 is 1.07. The lowest BCUT2D eigenvalue weighted by Gasteiger charge is -2.21. The molecule has 0 bridgehead atoms. The molecule has 0 unspecified atom stereocenters. The van der Waals surface area contributed by atoms with Gasteiger partial charge in [0.15, 0.2) is 0 Å². The highest BCUT2D eigenvalue weighted by Crippen LogP contribution is 2.27. The number of aromatic carboxylic acids is 1. The summed E-state index contributed by atoms with van der Waals surface area (Å²) in [5, 5.41) is 11.1. The van der Waals surface area contributed by atoms with E-state index in [0.29, 0.717) is 12.2 Å². The molecular formula is C13H13BrN2O2S. The second-order valence-corrected chi connectivity index (χ2v) is 6.48. The van der Waals surface area contributed by atoms with Crippen molar-refractivity contribution < 1.29 is 9.90 Å². The fourth-order valence-corrected chi connectivity index (χ4v) is 3.00. The van der Waals surface area contributed by atoms with Crippen LogP contribution in [0.25, 0.3) is 0 Å². The van der Waals surface area contributed by atoms with Gasteiger partial charge < -0.3 is 15.7 Å². The van der Waals surface area contributed by atoms with E-state index in [9.17, 15) is 4.79 Å². The molecule has 4 nitrogen and oxygen atoms in total. The fraction of sp³-hybridized carbons (Fsp3) is 0.154. The fourth-order valence-electron chi connectivity index (χ4n) is 1.80. The number of carboxylic acids is 1. The molecule has 1 heterocycles. The Morgan fingerprint density at radius 3 is 2.79 bits per heavy atom. The van der Waals surface area contributed by atoms with Crippen LogP contribution in [-0.2, 0) is 6.54 Å². The summed E-state index contributed by atoms with van der Waals surface area (Å²) in [6.07, 6.45) is 0. The minimum Gasteiger partial charge on any atom is -0.478 e. The summed E-state index contributed by atoms with van der Waals surface area (Å²) in [6, 6.07) is 6.77. The van der Waals surface area contributed by atoms with Crippen molar-refractivity contribution in [3.05, 3.63) is 44.6 Å². The number of thiophene rings is 1. The molecule has 0 saturated heterocycles. The van der Waals surface area contributed by atoms with Crippen molar-refractivity contribution in [1.82, 2.24) is 0 Å². The first-order valence-corrected chi connectivity index (χ1v) is 7.21. The van der Waals surface area contributed by atoms with Gasteiger partial charge in [-0.05, 0) is 51.1 Å². The molecule has 1 aromatic heterocycles. The molecule has 0 aliphatic heterocycles. The Labute approximate surface area is 123 Å². The van der Waals surface area contributed by atoms with Crippen molar-refractivity contribution in [1.29, 1.82) is 0 Å². The molecule has 0 aliphatic rings. The molecule has 0 saturated carbocycles. The van der Waals surface area contributed by atoms with E-state index in [0.717, 1.165) is 15.0 Å². The first-order valence-electron chi connectivity index (χ1n) is 5.54. The van der Waals surface area contributed by atoms with Crippen LogP contribution in [0, 0.1) is 0 Å². The molecule has 0 atom stereocenters. The highest BCUT2D eigenvalue weighted by Gasteiger charge is 2.11. The van der Waals surface area contributed by atoms with Gasteiger partial charge in [-0.25, -0.2) is 4.79 Å². The minimum atomic E-state index is -0.951. The van der Waals surface area contributed by atoms with Gasteiger partial charge in [-0.1, -0.05) is 0 Å². The van der Waals surface area contributed by atoms with Gasteiger partial charge in [0, 0.05) is 13.6 Å². The Morgan fingerprint density at radius 2 is 2.21 bits per heavy atom. The Kier molecular flexibility index (Phi) is 4.11. The van der Waals surface area contributed by atoms with Gasteiger partial charge in [-0.2, -0.15) is 0 Å². The third-order valence-corrected chi connectivity index (χ3v) is 4.28. The Bertz CT molecular complexity index is 612. The van der Waals surface area contributed by atoms with Gasteiger partial charge >= 0.3 is 5.97 Å². The molecule has 19 heavy (non-hydrogen) atoms. The number of rotatable bonds is 4. The summed E-state index contributed by atoms with van der Waals surface area (Å²) in [4.78, 5) is 12.9. The third kappa shape index (κ3) is 3.27. The largest absolute Gasteiger partial charge is 0.478 e. The lowest BCUT2D eigenvalue weighted by Crippen LogP contribution is -2.18. The zero-order valence-electron chi connectivity index (χ0n) is 10.3. The summed E-state index contributed by atoms with van der Waals surface area (Å²) in [6.45, 7) is 0.676. The second kappa shape index (κ2) is 5.63. The number of nitrogen functional groups attached to an aromatic ring is 1. The highest BCUT2D eigenvalue weighted by molar-refractivity contribution is 9.11. The summed E-state index contributed by atoms with van der Waals surface area (Å²) in [7, 11) is 1.89. The van der Waals surface area contributed by atoms with E-state index >= 15 is 0 Å². The van der Waals surface area contributed by atoms with Crippen LogP contribution < -0.4 is 10.6 Å². The maximum absolute atomic E-state index is 11.0. The number of hydrogen-bond acceptors (Lipinski definition) is 4. The molecule has 3 N–H and O–H groups in total. The second-order valence-electron chi connectivity index (χ2n) is 4.19.